The Morgan fingerprint density at radius 2 is 1.45 bits per heavy atom. The number of pyridine rings is 1. The molecule has 1 nitrogen and oxygen atoms in total. The number of aromatic nitrogens is 1. The van der Waals surface area contributed by atoms with E-state index in [1.165, 1.54) is 84.9 Å². The number of nitrogens with zero attached hydrogens (tertiary/aromatic N) is 1. The van der Waals surface area contributed by atoms with E-state index in [9.17, 15) is 0 Å². The van der Waals surface area contributed by atoms with Crippen molar-refractivity contribution >= 4 is 53.1 Å². The van der Waals surface area contributed by atoms with Crippen molar-refractivity contribution in [3.8, 4) is 11.3 Å². The van der Waals surface area contributed by atoms with Crippen LogP contribution in [0.3, 0.4) is 0 Å². The van der Waals surface area contributed by atoms with Crippen molar-refractivity contribution < 1.29 is 0 Å². The molecule has 0 unspecified atom stereocenters. The first-order valence-electron chi connectivity index (χ1n) is 12.1. The lowest BCUT2D eigenvalue weighted by Crippen LogP contribution is -2.04. The largest absolute Gasteiger partial charge is 0.256 e. The molecule has 0 aliphatic heterocycles. The van der Waals surface area contributed by atoms with Gasteiger partial charge in [-0.1, -0.05) is 61.7 Å². The van der Waals surface area contributed by atoms with E-state index < -0.39 is 0 Å². The van der Waals surface area contributed by atoms with Gasteiger partial charge < -0.3 is 0 Å². The van der Waals surface area contributed by atoms with Gasteiger partial charge in [-0.3, -0.25) is 4.98 Å². The molecule has 2 heteroatoms. The van der Waals surface area contributed by atoms with Crippen LogP contribution in [0.5, 0.6) is 0 Å². The Kier molecular flexibility index (Phi) is 4.48. The lowest BCUT2D eigenvalue weighted by molar-refractivity contribution is 0.443. The molecule has 33 heavy (non-hydrogen) atoms. The smallest absolute Gasteiger partial charge is 0.0708 e. The highest BCUT2D eigenvalue weighted by Gasteiger charge is 2.17. The molecule has 0 N–H and O–H groups in total. The average molecular weight is 444 g/mol. The van der Waals surface area contributed by atoms with Crippen LogP contribution in [0.4, 0.5) is 0 Å². The minimum absolute atomic E-state index is 0.694. The normalized spacial score (nSPS) is 15.2. The van der Waals surface area contributed by atoms with E-state index in [1.54, 1.807) is 0 Å². The monoisotopic (exact) mass is 443 g/mol. The van der Waals surface area contributed by atoms with Crippen molar-refractivity contribution in [2.45, 2.75) is 38.0 Å². The van der Waals surface area contributed by atoms with Crippen LogP contribution in [0.2, 0.25) is 0 Å². The topological polar surface area (TPSA) is 12.9 Å². The summed E-state index contributed by atoms with van der Waals surface area (Å²) in [5.41, 5.74) is 3.74. The third-order valence-corrected chi connectivity index (χ3v) is 8.58. The summed E-state index contributed by atoms with van der Waals surface area (Å²) >= 11 is 1.89. The summed E-state index contributed by atoms with van der Waals surface area (Å²) in [6.07, 6.45) is 8.87. The number of hydrogen-bond donors (Lipinski definition) is 0. The lowest BCUT2D eigenvalue weighted by Gasteiger charge is -2.21. The SMILES string of the molecule is c1ccc2cc3cc4c(cc3cc2c1)sc1cccc(-c2ccc(C3CCCCC3)cn2)c14. The fourth-order valence-electron chi connectivity index (χ4n) is 5.72. The maximum Gasteiger partial charge on any atom is 0.0708 e. The molecule has 0 saturated heterocycles. The summed E-state index contributed by atoms with van der Waals surface area (Å²) in [5.74, 6) is 0.694. The number of thiophene rings is 1. The summed E-state index contributed by atoms with van der Waals surface area (Å²) in [4.78, 5) is 4.97. The molecule has 0 bridgehead atoms. The van der Waals surface area contributed by atoms with E-state index in [2.05, 4.69) is 85.1 Å². The van der Waals surface area contributed by atoms with Gasteiger partial charge in [-0.15, -0.1) is 11.3 Å². The predicted octanol–water partition coefficient (Wildman–Crippen LogP) is 9.47. The third-order valence-electron chi connectivity index (χ3n) is 7.46. The number of rotatable bonds is 2. The van der Waals surface area contributed by atoms with Gasteiger partial charge in [0.1, 0.15) is 0 Å². The van der Waals surface area contributed by atoms with E-state index in [0.29, 0.717) is 5.92 Å². The molecule has 0 spiro atoms. The Morgan fingerprint density at radius 3 is 2.21 bits per heavy atom. The van der Waals surface area contributed by atoms with Crippen LogP contribution in [-0.4, -0.2) is 4.98 Å². The lowest BCUT2D eigenvalue weighted by atomic mass is 9.85. The Labute approximate surface area is 197 Å². The Bertz CT molecular complexity index is 1640. The first kappa shape index (κ1) is 19.3. The Morgan fingerprint density at radius 1 is 0.667 bits per heavy atom. The Hall–Kier alpha value is -3.23. The molecule has 1 fully saturated rings. The van der Waals surface area contributed by atoms with Crippen LogP contribution < -0.4 is 0 Å². The fourth-order valence-corrected chi connectivity index (χ4v) is 6.88. The van der Waals surface area contributed by atoms with Gasteiger partial charge in [0, 0.05) is 31.9 Å². The van der Waals surface area contributed by atoms with Gasteiger partial charge in [-0.25, -0.2) is 0 Å². The molecule has 6 aromatic rings. The summed E-state index contributed by atoms with van der Waals surface area (Å²) in [7, 11) is 0. The third kappa shape index (κ3) is 3.24. The molecule has 1 saturated carbocycles. The molecule has 2 heterocycles. The maximum atomic E-state index is 4.97. The summed E-state index contributed by atoms with van der Waals surface area (Å²) in [5, 5.41) is 7.88. The average Bonchev–Trinajstić information content (AvgIpc) is 3.24. The zero-order valence-electron chi connectivity index (χ0n) is 18.6. The van der Waals surface area contributed by atoms with E-state index in [-0.39, 0.29) is 0 Å². The summed E-state index contributed by atoms with van der Waals surface area (Å²) in [6, 6.07) is 29.3. The van der Waals surface area contributed by atoms with Crippen molar-refractivity contribution in [2.24, 2.45) is 0 Å². The van der Waals surface area contributed by atoms with Gasteiger partial charge in [0.05, 0.1) is 5.69 Å². The van der Waals surface area contributed by atoms with Gasteiger partial charge in [0.25, 0.3) is 0 Å². The summed E-state index contributed by atoms with van der Waals surface area (Å²) < 4.78 is 2.68. The molecule has 1 aliphatic rings. The van der Waals surface area contributed by atoms with Crippen LogP contribution in [-0.2, 0) is 0 Å². The molecular formula is C31H25NS. The van der Waals surface area contributed by atoms with Crippen molar-refractivity contribution in [2.75, 3.05) is 0 Å². The first-order chi connectivity index (χ1) is 16.3. The van der Waals surface area contributed by atoms with Crippen molar-refractivity contribution in [1.29, 1.82) is 0 Å². The van der Waals surface area contributed by atoms with Gasteiger partial charge in [0.15, 0.2) is 0 Å². The van der Waals surface area contributed by atoms with Crippen LogP contribution in [0, 0.1) is 0 Å². The molecule has 4 aromatic carbocycles. The second kappa shape index (κ2) is 7.67. The molecule has 2 aromatic heterocycles. The highest BCUT2D eigenvalue weighted by atomic mass is 32.1. The molecule has 7 rings (SSSR count). The van der Waals surface area contributed by atoms with Crippen LogP contribution in [0.25, 0.3) is 53.0 Å². The highest BCUT2D eigenvalue weighted by molar-refractivity contribution is 7.26. The minimum atomic E-state index is 0.694. The molecule has 160 valence electrons. The van der Waals surface area contributed by atoms with Crippen molar-refractivity contribution in [3.63, 3.8) is 0 Å². The molecule has 0 atom stereocenters. The zero-order chi connectivity index (χ0) is 21.8. The van der Waals surface area contributed by atoms with Crippen LogP contribution >= 0.6 is 11.3 Å². The molecule has 1 aliphatic carbocycles. The van der Waals surface area contributed by atoms with E-state index in [0.717, 1.165) is 5.69 Å². The van der Waals surface area contributed by atoms with Gasteiger partial charge in [-0.05, 0) is 82.3 Å². The van der Waals surface area contributed by atoms with Crippen molar-refractivity contribution in [3.05, 3.63) is 90.6 Å². The fraction of sp³-hybridized carbons (Fsp3) is 0.194. The van der Waals surface area contributed by atoms with Crippen LogP contribution in [0.15, 0.2) is 85.1 Å². The van der Waals surface area contributed by atoms with Crippen molar-refractivity contribution in [1.82, 2.24) is 4.98 Å². The number of benzene rings is 4. The minimum Gasteiger partial charge on any atom is -0.256 e. The molecule has 0 radical (unpaired) electrons. The Balaban J connectivity index is 1.40. The molecular weight excluding hydrogens is 418 g/mol. The van der Waals surface area contributed by atoms with Gasteiger partial charge in [-0.2, -0.15) is 0 Å². The predicted molar refractivity (Wildman–Crippen MR) is 143 cm³/mol. The molecule has 0 amide bonds. The van der Waals surface area contributed by atoms with E-state index >= 15 is 0 Å². The number of fused-ring (bicyclic) bond motifs is 5. The standard InChI is InChI=1S/C31H25NS/c1-2-7-20(8-3-1)23-13-14-28(32-19-23)26-11-6-12-29-31(26)27-17-24-15-21-9-4-5-10-22(21)16-25(24)18-30(27)33-29/h4-6,9-20H,1-3,7-8H2. The first-order valence-corrected chi connectivity index (χ1v) is 12.9. The zero-order valence-corrected chi connectivity index (χ0v) is 19.4. The highest BCUT2D eigenvalue weighted by Crippen LogP contribution is 2.42. The van der Waals surface area contributed by atoms with Gasteiger partial charge >= 0.3 is 0 Å². The maximum absolute atomic E-state index is 4.97. The van der Waals surface area contributed by atoms with Gasteiger partial charge in [0.2, 0.25) is 0 Å². The second-order valence-corrected chi connectivity index (χ2v) is 10.6. The van der Waals surface area contributed by atoms with Crippen LogP contribution in [0.1, 0.15) is 43.6 Å². The second-order valence-electron chi connectivity index (χ2n) is 9.49. The summed E-state index contributed by atoms with van der Waals surface area (Å²) in [6.45, 7) is 0. The number of hydrogen-bond acceptors (Lipinski definition) is 2. The van der Waals surface area contributed by atoms with E-state index in [1.807, 2.05) is 11.3 Å². The quantitative estimate of drug-likeness (QED) is 0.243. The van der Waals surface area contributed by atoms with E-state index in [4.69, 9.17) is 4.98 Å².